The fraction of sp³-hybridized carbons (Fsp3) is 0.0588. The summed E-state index contributed by atoms with van der Waals surface area (Å²) in [6.45, 7) is 1.98. The van der Waals surface area contributed by atoms with Crippen LogP contribution in [0, 0.1) is 17.0 Å². The van der Waals surface area contributed by atoms with Crippen molar-refractivity contribution in [2.45, 2.75) is 6.92 Å². The highest BCUT2D eigenvalue weighted by atomic mass is 16.6. The van der Waals surface area contributed by atoms with Crippen LogP contribution in [0.25, 0.3) is 22.5 Å². The summed E-state index contributed by atoms with van der Waals surface area (Å²) in [5.41, 5.74) is 3.93. The van der Waals surface area contributed by atoms with Gasteiger partial charge in [0.05, 0.1) is 21.9 Å². The average molecular weight is 291 g/mol. The van der Waals surface area contributed by atoms with Gasteiger partial charge in [-0.2, -0.15) is 0 Å². The zero-order chi connectivity index (χ0) is 15.5. The summed E-state index contributed by atoms with van der Waals surface area (Å²) in [5, 5.41) is 11.2. The van der Waals surface area contributed by atoms with Crippen molar-refractivity contribution in [3.05, 3.63) is 76.6 Å². The van der Waals surface area contributed by atoms with Gasteiger partial charge in [0.2, 0.25) is 0 Å². The maximum Gasteiger partial charge on any atom is 0.277 e. The minimum Gasteiger partial charge on any atom is -0.258 e. The molecule has 2 heterocycles. The molecule has 2 aromatic heterocycles. The average Bonchev–Trinajstić information content (AvgIpc) is 2.55. The normalized spacial score (nSPS) is 10.4. The molecule has 0 unspecified atom stereocenters. The van der Waals surface area contributed by atoms with Crippen molar-refractivity contribution in [1.29, 1.82) is 0 Å². The van der Waals surface area contributed by atoms with Gasteiger partial charge >= 0.3 is 0 Å². The smallest absolute Gasteiger partial charge is 0.258 e. The summed E-state index contributed by atoms with van der Waals surface area (Å²) in [4.78, 5) is 19.4. The first-order valence-corrected chi connectivity index (χ1v) is 6.78. The highest BCUT2D eigenvalue weighted by molar-refractivity contribution is 5.76. The lowest BCUT2D eigenvalue weighted by molar-refractivity contribution is -0.384. The Balaban J connectivity index is 2.11. The quantitative estimate of drug-likeness (QED) is 0.539. The molecular weight excluding hydrogens is 278 g/mol. The number of benzene rings is 1. The number of hydrogen-bond acceptors (Lipinski definition) is 4. The van der Waals surface area contributed by atoms with Gasteiger partial charge in [-0.3, -0.25) is 20.1 Å². The van der Waals surface area contributed by atoms with Crippen molar-refractivity contribution in [3.8, 4) is 22.5 Å². The number of nitrogens with zero attached hydrogens (tertiary/aromatic N) is 3. The molecule has 0 saturated heterocycles. The number of rotatable bonds is 3. The highest BCUT2D eigenvalue weighted by Crippen LogP contribution is 2.31. The molecule has 0 atom stereocenters. The largest absolute Gasteiger partial charge is 0.277 e. The Labute approximate surface area is 127 Å². The predicted molar refractivity (Wildman–Crippen MR) is 84.3 cm³/mol. The van der Waals surface area contributed by atoms with Crippen LogP contribution in [0.5, 0.6) is 0 Å². The number of aryl methyl sites for hydroxylation is 1. The van der Waals surface area contributed by atoms with Crippen LogP contribution in [0.1, 0.15) is 5.56 Å². The van der Waals surface area contributed by atoms with Crippen LogP contribution >= 0.6 is 0 Å². The summed E-state index contributed by atoms with van der Waals surface area (Å²) in [6.07, 6.45) is 3.37. The van der Waals surface area contributed by atoms with Crippen LogP contribution in [0.4, 0.5) is 5.69 Å². The van der Waals surface area contributed by atoms with Crippen LogP contribution in [0.3, 0.4) is 0 Å². The highest BCUT2D eigenvalue weighted by Gasteiger charge is 2.15. The van der Waals surface area contributed by atoms with Gasteiger partial charge in [-0.15, -0.1) is 0 Å². The number of hydrogen-bond donors (Lipinski definition) is 0. The monoisotopic (exact) mass is 291 g/mol. The molecule has 108 valence electrons. The lowest BCUT2D eigenvalue weighted by Crippen LogP contribution is -1.93. The molecule has 0 aliphatic heterocycles. The third-order valence-electron chi connectivity index (χ3n) is 3.35. The van der Waals surface area contributed by atoms with E-state index in [0.29, 0.717) is 11.3 Å². The third-order valence-corrected chi connectivity index (χ3v) is 3.35. The van der Waals surface area contributed by atoms with Gasteiger partial charge < -0.3 is 0 Å². The SMILES string of the molecule is Cc1ccnc(-c2cc(-c3ccccc3[N+](=O)[O-])ccn2)c1. The van der Waals surface area contributed by atoms with E-state index in [1.165, 1.54) is 6.07 Å². The van der Waals surface area contributed by atoms with E-state index in [9.17, 15) is 10.1 Å². The standard InChI is InChI=1S/C17H13N3O2/c1-12-6-8-18-15(10-12)16-11-13(7-9-19-16)14-4-2-3-5-17(14)20(21)22/h2-11H,1H3. The second-order valence-electron chi connectivity index (χ2n) is 4.92. The van der Waals surface area contributed by atoms with Crippen LogP contribution in [-0.2, 0) is 0 Å². The molecule has 0 aliphatic rings. The molecule has 22 heavy (non-hydrogen) atoms. The van der Waals surface area contributed by atoms with Crippen molar-refractivity contribution in [2.24, 2.45) is 0 Å². The molecule has 0 N–H and O–H groups in total. The third kappa shape index (κ3) is 2.69. The van der Waals surface area contributed by atoms with Crippen molar-refractivity contribution in [3.63, 3.8) is 0 Å². The molecule has 0 saturated carbocycles. The molecule has 5 nitrogen and oxygen atoms in total. The maximum atomic E-state index is 11.2. The molecule has 0 radical (unpaired) electrons. The van der Waals surface area contributed by atoms with Crippen LogP contribution in [0.2, 0.25) is 0 Å². The fourth-order valence-corrected chi connectivity index (χ4v) is 2.29. The first-order valence-electron chi connectivity index (χ1n) is 6.78. The topological polar surface area (TPSA) is 68.9 Å². The lowest BCUT2D eigenvalue weighted by Gasteiger charge is -2.06. The van der Waals surface area contributed by atoms with E-state index in [0.717, 1.165) is 16.8 Å². The lowest BCUT2D eigenvalue weighted by atomic mass is 10.0. The fourth-order valence-electron chi connectivity index (χ4n) is 2.29. The molecule has 0 bridgehead atoms. The second-order valence-corrected chi connectivity index (χ2v) is 4.92. The van der Waals surface area contributed by atoms with Crippen LogP contribution in [0.15, 0.2) is 60.9 Å². The first-order chi connectivity index (χ1) is 10.6. The number of nitro benzene ring substituents is 1. The molecule has 5 heteroatoms. The summed E-state index contributed by atoms with van der Waals surface area (Å²) in [6, 6.07) is 14.1. The summed E-state index contributed by atoms with van der Waals surface area (Å²) in [7, 11) is 0. The van der Waals surface area contributed by atoms with Crippen LogP contribution in [-0.4, -0.2) is 14.9 Å². The van der Waals surface area contributed by atoms with Gasteiger partial charge in [0.25, 0.3) is 5.69 Å². The summed E-state index contributed by atoms with van der Waals surface area (Å²) < 4.78 is 0. The molecule has 3 rings (SSSR count). The molecule has 0 amide bonds. The van der Waals surface area contributed by atoms with Gasteiger partial charge in [-0.25, -0.2) is 0 Å². The molecule has 0 aliphatic carbocycles. The minimum absolute atomic E-state index is 0.0804. The molecular formula is C17H13N3O2. The van der Waals surface area contributed by atoms with Gasteiger partial charge in [0, 0.05) is 18.5 Å². The number of pyridine rings is 2. The Morgan fingerprint density at radius 2 is 1.64 bits per heavy atom. The Bertz CT molecular complexity index is 847. The summed E-state index contributed by atoms with van der Waals surface area (Å²) in [5.74, 6) is 0. The van der Waals surface area contributed by atoms with E-state index < -0.39 is 0 Å². The van der Waals surface area contributed by atoms with E-state index in [2.05, 4.69) is 9.97 Å². The van der Waals surface area contributed by atoms with Crippen molar-refractivity contribution >= 4 is 5.69 Å². The van der Waals surface area contributed by atoms with Crippen molar-refractivity contribution < 1.29 is 4.92 Å². The van der Waals surface area contributed by atoms with Crippen LogP contribution < -0.4 is 0 Å². The van der Waals surface area contributed by atoms with Crippen molar-refractivity contribution in [2.75, 3.05) is 0 Å². The van der Waals surface area contributed by atoms with E-state index in [-0.39, 0.29) is 10.6 Å². The molecule has 0 spiro atoms. The second kappa shape index (κ2) is 5.73. The number of nitro groups is 1. The van der Waals surface area contributed by atoms with E-state index >= 15 is 0 Å². The van der Waals surface area contributed by atoms with E-state index in [1.807, 2.05) is 25.1 Å². The first kappa shape index (κ1) is 13.9. The number of para-hydroxylation sites is 1. The van der Waals surface area contributed by atoms with Crippen molar-refractivity contribution in [1.82, 2.24) is 9.97 Å². The van der Waals surface area contributed by atoms with Gasteiger partial charge in [-0.1, -0.05) is 12.1 Å². The zero-order valence-electron chi connectivity index (χ0n) is 11.9. The molecule has 1 aromatic carbocycles. The van der Waals surface area contributed by atoms with E-state index in [1.54, 1.807) is 36.7 Å². The zero-order valence-corrected chi connectivity index (χ0v) is 11.9. The maximum absolute atomic E-state index is 11.2. The molecule has 3 aromatic rings. The summed E-state index contributed by atoms with van der Waals surface area (Å²) >= 11 is 0. The molecule has 0 fully saturated rings. The predicted octanol–water partition coefficient (Wildman–Crippen LogP) is 4.03. The minimum atomic E-state index is -0.375. The Morgan fingerprint density at radius 1 is 0.955 bits per heavy atom. The Hall–Kier alpha value is -3.08. The Kier molecular flexibility index (Phi) is 3.62. The Morgan fingerprint density at radius 3 is 2.36 bits per heavy atom. The van der Waals surface area contributed by atoms with Gasteiger partial charge in [-0.05, 0) is 48.4 Å². The van der Waals surface area contributed by atoms with Gasteiger partial charge in [0.1, 0.15) is 0 Å². The van der Waals surface area contributed by atoms with Gasteiger partial charge in [0.15, 0.2) is 0 Å². The van der Waals surface area contributed by atoms with E-state index in [4.69, 9.17) is 0 Å². The number of aromatic nitrogens is 2.